The van der Waals surface area contributed by atoms with E-state index < -0.39 is 0 Å². The Bertz CT molecular complexity index is 884. The van der Waals surface area contributed by atoms with Gasteiger partial charge in [-0.1, -0.05) is 85.7 Å². The summed E-state index contributed by atoms with van der Waals surface area (Å²) in [5.74, 6) is 1.94. The van der Waals surface area contributed by atoms with Crippen LogP contribution in [0.4, 0.5) is 11.4 Å². The summed E-state index contributed by atoms with van der Waals surface area (Å²) in [5, 5.41) is 7.55. The molecule has 2 aromatic carbocycles. The van der Waals surface area contributed by atoms with E-state index in [0.29, 0.717) is 36.6 Å². The van der Waals surface area contributed by atoms with Crippen LogP contribution in [0.15, 0.2) is 18.2 Å². The molecule has 0 spiro atoms. The number of aryl methyl sites for hydroxylation is 2. The molecule has 0 aliphatic heterocycles. The number of anilines is 2. The van der Waals surface area contributed by atoms with Gasteiger partial charge < -0.3 is 10.6 Å². The molecule has 0 aliphatic rings. The Balaban J connectivity index is 0.00000205. The summed E-state index contributed by atoms with van der Waals surface area (Å²) in [6.45, 7) is 25.3. The summed E-state index contributed by atoms with van der Waals surface area (Å²) in [6.07, 6.45) is 0. The van der Waals surface area contributed by atoms with Gasteiger partial charge in [0, 0.05) is 18.8 Å². The zero-order valence-electron chi connectivity index (χ0n) is 24.2. The molecule has 0 aliphatic carbocycles. The van der Waals surface area contributed by atoms with Crippen LogP contribution in [0.2, 0.25) is 0 Å². The first-order valence-corrected chi connectivity index (χ1v) is 15.9. The third-order valence-electron chi connectivity index (χ3n) is 6.37. The second-order valence-electron chi connectivity index (χ2n) is 11.0. The average Bonchev–Trinajstić information content (AvgIpc) is 2.78. The average molecular weight is 581 g/mol. The molecule has 0 unspecified atom stereocenters. The molecule has 2 rings (SSSR count). The van der Waals surface area contributed by atoms with Crippen molar-refractivity contribution in [2.24, 2.45) is 0 Å². The van der Waals surface area contributed by atoms with E-state index in [-0.39, 0.29) is 0 Å². The number of hydrogen-bond donors (Lipinski definition) is 2. The second-order valence-corrected chi connectivity index (χ2v) is 12.7. The topological polar surface area (TPSA) is 27.3 Å². The summed E-state index contributed by atoms with van der Waals surface area (Å²) in [6, 6.07) is 10.6. The van der Waals surface area contributed by atoms with Crippen molar-refractivity contribution in [2.45, 2.75) is 92.9 Å². The molecule has 0 atom stereocenters. The minimum absolute atomic E-state index is 0.382. The Morgan fingerprint density at radius 2 is 1.25 bits per heavy atom. The zero-order chi connectivity index (χ0) is 27.6. The first-order valence-electron chi connectivity index (χ1n) is 13.0. The van der Waals surface area contributed by atoms with Gasteiger partial charge in [0.15, 0.2) is 0 Å². The fourth-order valence-corrected chi connectivity index (χ4v) is 4.48. The standard InChI is InChI=1S/C30H48N3.2ClH.Co/c1-19(2)25-14-23(9)15-26(20(3)4)29(25)31-12-13-33(11)18-32-30-27(21(5)6)16-24(10)17-28(30)22(7)8;;;/h14-16,19-22,31-32H,12-13,18H2,1-11H3;2*1H;/q-1;;;+3/p-2. The summed E-state index contributed by atoms with van der Waals surface area (Å²) in [4.78, 5) is 2.36. The number of nitrogens with zero attached hydrogens (tertiary/aromatic N) is 1. The van der Waals surface area contributed by atoms with E-state index >= 15 is 0 Å². The normalized spacial score (nSPS) is 11.6. The molecule has 2 aromatic rings. The van der Waals surface area contributed by atoms with Crippen molar-refractivity contribution in [1.29, 1.82) is 0 Å². The van der Waals surface area contributed by atoms with E-state index in [2.05, 4.69) is 116 Å². The Labute approximate surface area is 236 Å². The van der Waals surface area contributed by atoms with Gasteiger partial charge in [0.25, 0.3) is 0 Å². The third kappa shape index (κ3) is 10.1. The van der Waals surface area contributed by atoms with Crippen LogP contribution < -0.4 is 10.6 Å². The summed E-state index contributed by atoms with van der Waals surface area (Å²) in [5.41, 5.74) is 10.7. The van der Waals surface area contributed by atoms with Gasteiger partial charge in [0.1, 0.15) is 0 Å². The molecule has 0 fully saturated rings. The van der Waals surface area contributed by atoms with Gasteiger partial charge in [-0.05, 0) is 48.8 Å². The summed E-state index contributed by atoms with van der Waals surface area (Å²) < 4.78 is 0. The first kappa shape index (κ1) is 33.1. The molecule has 206 valence electrons. The van der Waals surface area contributed by atoms with Crippen molar-refractivity contribution < 1.29 is 12.9 Å². The molecule has 0 bridgehead atoms. The summed E-state index contributed by atoms with van der Waals surface area (Å²) in [7, 11) is 11.7. The number of halogens is 2. The molecule has 0 heterocycles. The summed E-state index contributed by atoms with van der Waals surface area (Å²) >= 11 is 0.382. The third-order valence-corrected chi connectivity index (χ3v) is 6.37. The fourth-order valence-electron chi connectivity index (χ4n) is 4.48. The van der Waals surface area contributed by atoms with Gasteiger partial charge >= 0.3 is 33.2 Å². The Hall–Kier alpha value is -0.914. The van der Waals surface area contributed by atoms with Gasteiger partial charge in [-0.15, -0.1) is 11.1 Å². The van der Waals surface area contributed by atoms with Crippen LogP contribution in [-0.2, 0) is 12.9 Å². The molecule has 0 saturated heterocycles. The van der Waals surface area contributed by atoms with Gasteiger partial charge in [-0.25, -0.2) is 0 Å². The van der Waals surface area contributed by atoms with Crippen molar-refractivity contribution in [2.75, 3.05) is 37.4 Å². The molecule has 0 radical (unpaired) electrons. The van der Waals surface area contributed by atoms with E-state index in [1.807, 2.05) is 0 Å². The minimum atomic E-state index is 0.382. The van der Waals surface area contributed by atoms with Crippen LogP contribution in [-0.4, -0.2) is 31.7 Å². The number of benzene rings is 2. The predicted molar refractivity (Wildman–Crippen MR) is 159 cm³/mol. The Morgan fingerprint density at radius 3 is 1.69 bits per heavy atom. The molecule has 2 N–H and O–H groups in total. The van der Waals surface area contributed by atoms with Crippen LogP contribution in [0.5, 0.6) is 0 Å². The quantitative estimate of drug-likeness (QED) is 0.205. The Morgan fingerprint density at radius 1 is 0.778 bits per heavy atom. The Kier molecular flexibility index (Phi) is 14.8. The molecule has 0 amide bonds. The maximum absolute atomic E-state index is 4.73. The number of rotatable bonds is 11. The molecule has 0 aromatic heterocycles. The first-order chi connectivity index (χ1) is 16.8. The van der Waals surface area contributed by atoms with Crippen molar-refractivity contribution in [3.63, 3.8) is 0 Å². The second kappa shape index (κ2) is 16.1. The maximum atomic E-state index is 4.73. The molecule has 0 saturated carbocycles. The predicted octanol–water partition coefficient (Wildman–Crippen LogP) is 9.39. The van der Waals surface area contributed by atoms with Gasteiger partial charge in [-0.3, -0.25) is 4.90 Å². The van der Waals surface area contributed by atoms with Gasteiger partial charge in [-0.2, -0.15) is 17.7 Å². The SMILES string of the molecule is Cc1[c-]c(C(C)C)c(NCN(C)CCNc2c(C(C)C)cc(C)cc2C(C)C)c(C(C)C)c1.[Cl][Co+][Cl]. The van der Waals surface area contributed by atoms with Crippen LogP contribution in [0.1, 0.15) is 112 Å². The number of hydrogen-bond acceptors (Lipinski definition) is 3. The number of nitrogens with one attached hydrogen (secondary N) is 2. The molecule has 3 nitrogen and oxygen atoms in total. The monoisotopic (exact) mass is 579 g/mol. The molecular formula is C30H48Cl2CoN3. The van der Waals surface area contributed by atoms with E-state index in [1.165, 1.54) is 44.8 Å². The zero-order valence-corrected chi connectivity index (χ0v) is 26.8. The van der Waals surface area contributed by atoms with Crippen LogP contribution in [0.25, 0.3) is 0 Å². The number of likely N-dealkylation sites (N-methyl/N-ethyl adjacent to an activating group) is 1. The van der Waals surface area contributed by atoms with E-state index in [1.54, 1.807) is 0 Å². The van der Waals surface area contributed by atoms with E-state index in [0.717, 1.165) is 19.8 Å². The van der Waals surface area contributed by atoms with Crippen LogP contribution in [0.3, 0.4) is 0 Å². The van der Waals surface area contributed by atoms with Crippen LogP contribution >= 0.6 is 20.3 Å². The van der Waals surface area contributed by atoms with Gasteiger partial charge in [0.05, 0.1) is 6.67 Å². The fraction of sp³-hybridized carbons (Fsp3) is 0.600. The molecule has 36 heavy (non-hydrogen) atoms. The molecule has 6 heteroatoms. The van der Waals surface area contributed by atoms with Gasteiger partial charge in [0.2, 0.25) is 0 Å². The van der Waals surface area contributed by atoms with E-state index in [9.17, 15) is 0 Å². The van der Waals surface area contributed by atoms with Crippen LogP contribution in [0, 0.1) is 19.9 Å². The van der Waals surface area contributed by atoms with Crippen molar-refractivity contribution in [3.8, 4) is 0 Å². The van der Waals surface area contributed by atoms with E-state index in [4.69, 9.17) is 20.3 Å². The van der Waals surface area contributed by atoms with Crippen molar-refractivity contribution >= 4 is 31.7 Å². The van der Waals surface area contributed by atoms with Crippen molar-refractivity contribution in [3.05, 3.63) is 57.6 Å². The molecular weight excluding hydrogens is 532 g/mol. The van der Waals surface area contributed by atoms with Crippen molar-refractivity contribution in [1.82, 2.24) is 4.90 Å².